The van der Waals surface area contributed by atoms with Crippen molar-refractivity contribution < 1.29 is 4.79 Å². The van der Waals surface area contributed by atoms with Gasteiger partial charge in [0.25, 0.3) is 0 Å². The zero-order valence-electron chi connectivity index (χ0n) is 11.9. The normalized spacial score (nSPS) is 16.9. The Balaban J connectivity index is 0.00000180. The van der Waals surface area contributed by atoms with Crippen LogP contribution in [0.3, 0.4) is 0 Å². The summed E-state index contributed by atoms with van der Waals surface area (Å²) in [5.41, 5.74) is 2.01. The van der Waals surface area contributed by atoms with Gasteiger partial charge in [-0.15, -0.1) is 12.4 Å². The first-order valence-electron chi connectivity index (χ1n) is 7.08. The van der Waals surface area contributed by atoms with Crippen molar-refractivity contribution in [2.75, 3.05) is 13.1 Å². The summed E-state index contributed by atoms with van der Waals surface area (Å²) < 4.78 is 0. The van der Waals surface area contributed by atoms with Crippen LogP contribution in [0.25, 0.3) is 0 Å². The van der Waals surface area contributed by atoms with E-state index in [4.69, 9.17) is 0 Å². The van der Waals surface area contributed by atoms with Gasteiger partial charge >= 0.3 is 0 Å². The second kappa shape index (κ2) is 7.66. The summed E-state index contributed by atoms with van der Waals surface area (Å²) in [4.78, 5) is 15.1. The molecular formula is C16H24ClNO. The summed E-state index contributed by atoms with van der Waals surface area (Å²) in [7, 11) is 0. The van der Waals surface area contributed by atoms with Crippen LogP contribution in [-0.2, 0) is 0 Å². The Hall–Kier alpha value is -0.860. The third-order valence-corrected chi connectivity index (χ3v) is 3.86. The predicted molar refractivity (Wildman–Crippen MR) is 82.3 cm³/mol. The molecule has 0 aromatic heterocycles. The molecule has 0 amide bonds. The van der Waals surface area contributed by atoms with Gasteiger partial charge in [-0.3, -0.25) is 9.69 Å². The maximum atomic E-state index is 12.7. The Morgan fingerprint density at radius 2 is 1.89 bits per heavy atom. The molecule has 0 radical (unpaired) electrons. The number of rotatable bonds is 5. The van der Waals surface area contributed by atoms with Gasteiger partial charge in [0.2, 0.25) is 0 Å². The molecule has 1 aromatic rings. The van der Waals surface area contributed by atoms with Crippen molar-refractivity contribution in [2.45, 2.75) is 45.6 Å². The van der Waals surface area contributed by atoms with E-state index in [1.165, 1.54) is 12.8 Å². The number of aryl methyl sites for hydroxylation is 1. The molecule has 0 bridgehead atoms. The quantitative estimate of drug-likeness (QED) is 0.764. The van der Waals surface area contributed by atoms with Crippen LogP contribution in [-0.4, -0.2) is 29.8 Å². The van der Waals surface area contributed by atoms with E-state index < -0.39 is 0 Å². The van der Waals surface area contributed by atoms with E-state index in [0.717, 1.165) is 37.1 Å². The fraction of sp³-hybridized carbons (Fsp3) is 0.562. The molecule has 1 saturated heterocycles. The van der Waals surface area contributed by atoms with E-state index in [9.17, 15) is 4.79 Å². The minimum atomic E-state index is 0. The molecule has 0 spiro atoms. The Labute approximate surface area is 122 Å². The Kier molecular flexibility index (Phi) is 6.53. The van der Waals surface area contributed by atoms with E-state index in [-0.39, 0.29) is 18.4 Å². The molecule has 0 aliphatic carbocycles. The maximum Gasteiger partial charge on any atom is 0.180 e. The van der Waals surface area contributed by atoms with Gasteiger partial charge in [0.1, 0.15) is 0 Å². The molecule has 1 unspecified atom stereocenters. The highest BCUT2D eigenvalue weighted by atomic mass is 35.5. The fourth-order valence-electron chi connectivity index (χ4n) is 2.84. The van der Waals surface area contributed by atoms with Gasteiger partial charge in [-0.25, -0.2) is 0 Å². The standard InChI is InChI=1S/C16H23NO.ClH/c1-3-8-15(17-11-6-7-12-17)16(18)14-10-5-4-9-13(14)2;/h4-5,9-10,15H,3,6-8,11-12H2,1-2H3;1H. The Morgan fingerprint density at radius 3 is 2.47 bits per heavy atom. The molecule has 2 nitrogen and oxygen atoms in total. The molecular weight excluding hydrogens is 258 g/mol. The minimum absolute atomic E-state index is 0. The molecule has 0 N–H and O–H groups in total. The number of carbonyl (C=O) groups excluding carboxylic acids is 1. The van der Waals surface area contributed by atoms with Crippen LogP contribution in [0, 0.1) is 6.92 Å². The van der Waals surface area contributed by atoms with Crippen molar-refractivity contribution in [1.82, 2.24) is 4.90 Å². The number of carbonyl (C=O) groups is 1. The Morgan fingerprint density at radius 1 is 1.26 bits per heavy atom. The zero-order chi connectivity index (χ0) is 13.0. The number of halogens is 1. The van der Waals surface area contributed by atoms with E-state index in [0.29, 0.717) is 5.78 Å². The van der Waals surface area contributed by atoms with Crippen molar-refractivity contribution in [3.05, 3.63) is 35.4 Å². The van der Waals surface area contributed by atoms with Crippen LogP contribution >= 0.6 is 12.4 Å². The monoisotopic (exact) mass is 281 g/mol. The lowest BCUT2D eigenvalue weighted by atomic mass is 9.96. The lowest BCUT2D eigenvalue weighted by Gasteiger charge is -2.26. The van der Waals surface area contributed by atoms with Crippen molar-refractivity contribution in [3.8, 4) is 0 Å². The van der Waals surface area contributed by atoms with Crippen LogP contribution in [0.4, 0.5) is 0 Å². The van der Waals surface area contributed by atoms with Crippen LogP contribution in [0.1, 0.15) is 48.5 Å². The molecule has 19 heavy (non-hydrogen) atoms. The van der Waals surface area contributed by atoms with E-state index in [1.807, 2.05) is 31.2 Å². The van der Waals surface area contributed by atoms with Crippen LogP contribution in [0.5, 0.6) is 0 Å². The van der Waals surface area contributed by atoms with Gasteiger partial charge in [0.15, 0.2) is 5.78 Å². The highest BCUT2D eigenvalue weighted by Gasteiger charge is 2.28. The number of hydrogen-bond acceptors (Lipinski definition) is 2. The summed E-state index contributed by atoms with van der Waals surface area (Å²) >= 11 is 0. The van der Waals surface area contributed by atoms with Crippen molar-refractivity contribution in [3.63, 3.8) is 0 Å². The number of hydrogen-bond donors (Lipinski definition) is 0. The average molecular weight is 282 g/mol. The lowest BCUT2D eigenvalue weighted by molar-refractivity contribution is 0.0836. The van der Waals surface area contributed by atoms with Gasteiger partial charge in [0.05, 0.1) is 6.04 Å². The molecule has 1 heterocycles. The molecule has 106 valence electrons. The van der Waals surface area contributed by atoms with Crippen LogP contribution in [0.15, 0.2) is 24.3 Å². The van der Waals surface area contributed by atoms with Crippen molar-refractivity contribution in [2.24, 2.45) is 0 Å². The van der Waals surface area contributed by atoms with Crippen molar-refractivity contribution >= 4 is 18.2 Å². The average Bonchev–Trinajstić information content (AvgIpc) is 2.89. The smallest absolute Gasteiger partial charge is 0.180 e. The first-order valence-corrected chi connectivity index (χ1v) is 7.08. The number of Topliss-reactive ketones (excluding diaryl/α,β-unsaturated/α-hetero) is 1. The lowest BCUT2D eigenvalue weighted by Crippen LogP contribution is -2.39. The topological polar surface area (TPSA) is 20.3 Å². The maximum absolute atomic E-state index is 12.7. The highest BCUT2D eigenvalue weighted by molar-refractivity contribution is 6.01. The fourth-order valence-corrected chi connectivity index (χ4v) is 2.84. The minimum Gasteiger partial charge on any atom is -0.293 e. The summed E-state index contributed by atoms with van der Waals surface area (Å²) in [6, 6.07) is 8.05. The second-order valence-corrected chi connectivity index (χ2v) is 5.23. The molecule has 1 aliphatic heterocycles. The molecule has 0 saturated carbocycles. The predicted octanol–water partition coefficient (Wildman–Crippen LogP) is 3.86. The Bertz CT molecular complexity index is 413. The molecule has 1 aliphatic rings. The zero-order valence-corrected chi connectivity index (χ0v) is 12.7. The molecule has 1 fully saturated rings. The summed E-state index contributed by atoms with van der Waals surface area (Å²) in [6.45, 7) is 6.36. The van der Waals surface area contributed by atoms with E-state index >= 15 is 0 Å². The molecule has 3 heteroatoms. The van der Waals surface area contributed by atoms with E-state index in [1.54, 1.807) is 0 Å². The first-order chi connectivity index (χ1) is 8.74. The third-order valence-electron chi connectivity index (χ3n) is 3.86. The number of ketones is 1. The third kappa shape index (κ3) is 3.80. The SMILES string of the molecule is CCCC(C(=O)c1ccccc1C)N1CCCC1.Cl. The van der Waals surface area contributed by atoms with Gasteiger partial charge in [-0.2, -0.15) is 0 Å². The molecule has 1 aromatic carbocycles. The summed E-state index contributed by atoms with van der Waals surface area (Å²) in [6.07, 6.45) is 4.52. The van der Waals surface area contributed by atoms with Gasteiger partial charge in [-0.05, 0) is 44.8 Å². The molecule has 2 rings (SSSR count). The van der Waals surface area contributed by atoms with Crippen LogP contribution in [0.2, 0.25) is 0 Å². The van der Waals surface area contributed by atoms with Gasteiger partial charge in [-0.1, -0.05) is 37.6 Å². The molecule has 1 atom stereocenters. The summed E-state index contributed by atoms with van der Waals surface area (Å²) in [5, 5.41) is 0. The number of benzene rings is 1. The first kappa shape index (κ1) is 16.2. The van der Waals surface area contributed by atoms with Crippen molar-refractivity contribution in [1.29, 1.82) is 0 Å². The van der Waals surface area contributed by atoms with E-state index in [2.05, 4.69) is 11.8 Å². The highest BCUT2D eigenvalue weighted by Crippen LogP contribution is 2.20. The number of nitrogens with zero attached hydrogens (tertiary/aromatic N) is 1. The number of likely N-dealkylation sites (tertiary alicyclic amines) is 1. The van der Waals surface area contributed by atoms with Gasteiger partial charge < -0.3 is 0 Å². The van der Waals surface area contributed by atoms with Gasteiger partial charge in [0, 0.05) is 5.56 Å². The largest absolute Gasteiger partial charge is 0.293 e. The van der Waals surface area contributed by atoms with Crippen LogP contribution < -0.4 is 0 Å². The second-order valence-electron chi connectivity index (χ2n) is 5.23. The summed E-state index contributed by atoms with van der Waals surface area (Å²) in [5.74, 6) is 0.317.